The summed E-state index contributed by atoms with van der Waals surface area (Å²) in [6.07, 6.45) is -0.0195. The van der Waals surface area contributed by atoms with Crippen LogP contribution >= 0.6 is 23.5 Å². The van der Waals surface area contributed by atoms with Crippen molar-refractivity contribution in [3.8, 4) is 0 Å². The standard InChI is InChI=1S/C17H19N3O4S2/c1-11(21)23-13-9-14(19-20-18)15(17(10-13)25-7-8-26-17)24-16(22)12-5-3-2-4-6-12/h2-6,13-15H,7-10H2,1H3/t13-,14-,15+/m1/s1. The van der Waals surface area contributed by atoms with E-state index in [-0.39, 0.29) is 12.1 Å². The molecular weight excluding hydrogens is 374 g/mol. The third kappa shape index (κ3) is 4.11. The Morgan fingerprint density at radius 1 is 1.23 bits per heavy atom. The highest BCUT2D eigenvalue weighted by molar-refractivity contribution is 8.21. The molecule has 9 heteroatoms. The minimum Gasteiger partial charge on any atom is -0.462 e. The van der Waals surface area contributed by atoms with E-state index in [0.29, 0.717) is 18.4 Å². The molecule has 138 valence electrons. The predicted molar refractivity (Wildman–Crippen MR) is 101 cm³/mol. The molecule has 2 fully saturated rings. The Hall–Kier alpha value is -1.83. The van der Waals surface area contributed by atoms with Crippen LogP contribution in [0.5, 0.6) is 0 Å². The summed E-state index contributed by atoms with van der Waals surface area (Å²) in [5.41, 5.74) is 9.44. The Bertz CT molecular complexity index is 718. The van der Waals surface area contributed by atoms with Gasteiger partial charge >= 0.3 is 11.9 Å². The van der Waals surface area contributed by atoms with Crippen molar-refractivity contribution in [2.45, 2.75) is 42.1 Å². The second-order valence-corrected chi connectivity index (χ2v) is 9.25. The molecule has 2 aliphatic rings. The van der Waals surface area contributed by atoms with Crippen LogP contribution in [-0.4, -0.2) is 45.8 Å². The molecule has 1 aromatic carbocycles. The zero-order valence-corrected chi connectivity index (χ0v) is 15.9. The maximum absolute atomic E-state index is 12.6. The van der Waals surface area contributed by atoms with E-state index in [9.17, 15) is 9.59 Å². The molecule has 0 bridgehead atoms. The SMILES string of the molecule is CC(=O)O[C@@H]1C[C@@H](N=[N+]=[N-])[C@H](OC(=O)c2ccccc2)C2(C1)SCCS2. The zero-order chi connectivity index (χ0) is 18.6. The Morgan fingerprint density at radius 2 is 1.92 bits per heavy atom. The average molecular weight is 393 g/mol. The third-order valence-corrected chi connectivity index (χ3v) is 7.91. The van der Waals surface area contributed by atoms with Crippen molar-refractivity contribution < 1.29 is 19.1 Å². The van der Waals surface area contributed by atoms with Crippen molar-refractivity contribution in [1.29, 1.82) is 0 Å². The minimum atomic E-state index is -0.580. The van der Waals surface area contributed by atoms with E-state index in [1.807, 2.05) is 6.07 Å². The summed E-state index contributed by atoms with van der Waals surface area (Å²) >= 11 is 3.37. The number of carbonyl (C=O) groups is 2. The van der Waals surface area contributed by atoms with Crippen LogP contribution in [0.4, 0.5) is 0 Å². The van der Waals surface area contributed by atoms with Crippen molar-refractivity contribution in [1.82, 2.24) is 0 Å². The lowest BCUT2D eigenvalue weighted by Gasteiger charge is -2.45. The van der Waals surface area contributed by atoms with E-state index in [0.717, 1.165) is 11.5 Å². The number of benzene rings is 1. The van der Waals surface area contributed by atoms with Crippen molar-refractivity contribution >= 4 is 35.5 Å². The average Bonchev–Trinajstić information content (AvgIpc) is 3.07. The molecule has 7 nitrogen and oxygen atoms in total. The number of rotatable bonds is 4. The summed E-state index contributed by atoms with van der Waals surface area (Å²) in [4.78, 5) is 26.9. The number of ether oxygens (including phenoxy) is 2. The molecule has 1 heterocycles. The highest BCUT2D eigenvalue weighted by atomic mass is 32.2. The lowest BCUT2D eigenvalue weighted by atomic mass is 9.89. The highest BCUT2D eigenvalue weighted by Gasteiger charge is 2.54. The number of esters is 2. The molecular formula is C17H19N3O4S2. The van der Waals surface area contributed by atoms with Crippen molar-refractivity contribution in [2.75, 3.05) is 11.5 Å². The smallest absolute Gasteiger partial charge is 0.338 e. The molecule has 26 heavy (non-hydrogen) atoms. The molecule has 3 rings (SSSR count). The maximum Gasteiger partial charge on any atom is 0.338 e. The molecule has 1 spiro atoms. The van der Waals surface area contributed by atoms with E-state index in [1.54, 1.807) is 47.8 Å². The Balaban J connectivity index is 1.87. The molecule has 1 aliphatic carbocycles. The molecule has 0 aromatic heterocycles. The largest absolute Gasteiger partial charge is 0.462 e. The number of hydrogen-bond donors (Lipinski definition) is 0. The molecule has 0 amide bonds. The topological polar surface area (TPSA) is 101 Å². The quantitative estimate of drug-likeness (QED) is 0.334. The van der Waals surface area contributed by atoms with Gasteiger partial charge in [0.25, 0.3) is 0 Å². The molecule has 1 saturated heterocycles. The molecule has 0 radical (unpaired) electrons. The van der Waals surface area contributed by atoms with Gasteiger partial charge < -0.3 is 9.47 Å². The first-order chi connectivity index (χ1) is 12.5. The molecule has 3 atom stereocenters. The summed E-state index contributed by atoms with van der Waals surface area (Å²) in [5, 5.41) is 3.87. The fraction of sp³-hybridized carbons (Fsp3) is 0.529. The van der Waals surface area contributed by atoms with Crippen LogP contribution in [0.15, 0.2) is 35.4 Å². The van der Waals surface area contributed by atoms with Crippen LogP contribution in [0.3, 0.4) is 0 Å². The number of azide groups is 1. The molecule has 1 aromatic rings. The van der Waals surface area contributed by atoms with Gasteiger partial charge in [-0.15, -0.1) is 23.5 Å². The Labute approximate surface area is 159 Å². The van der Waals surface area contributed by atoms with Gasteiger partial charge in [0, 0.05) is 29.8 Å². The predicted octanol–water partition coefficient (Wildman–Crippen LogP) is 3.79. The lowest BCUT2D eigenvalue weighted by Crippen LogP contribution is -2.53. The van der Waals surface area contributed by atoms with Gasteiger partial charge in [-0.05, 0) is 24.1 Å². The monoisotopic (exact) mass is 393 g/mol. The summed E-state index contributed by atoms with van der Waals surface area (Å²) in [7, 11) is 0. The lowest BCUT2D eigenvalue weighted by molar-refractivity contribution is -0.149. The van der Waals surface area contributed by atoms with Crippen molar-refractivity contribution in [3.05, 3.63) is 46.3 Å². The number of nitrogens with zero attached hydrogens (tertiary/aromatic N) is 3. The summed E-state index contributed by atoms with van der Waals surface area (Å²) in [6.45, 7) is 1.37. The van der Waals surface area contributed by atoms with Gasteiger partial charge in [-0.25, -0.2) is 4.79 Å². The van der Waals surface area contributed by atoms with Gasteiger partial charge in [-0.3, -0.25) is 4.79 Å². The van der Waals surface area contributed by atoms with Gasteiger partial charge in [-0.1, -0.05) is 23.3 Å². The van der Waals surface area contributed by atoms with Crippen molar-refractivity contribution in [3.63, 3.8) is 0 Å². The normalized spacial score (nSPS) is 26.7. The molecule has 0 N–H and O–H groups in total. The van der Waals surface area contributed by atoms with Gasteiger partial charge in [0.2, 0.25) is 0 Å². The van der Waals surface area contributed by atoms with Gasteiger partial charge in [0.15, 0.2) is 0 Å². The van der Waals surface area contributed by atoms with Gasteiger partial charge in [-0.2, -0.15) is 0 Å². The molecule has 0 unspecified atom stereocenters. The van der Waals surface area contributed by atoms with Crippen LogP contribution in [0.2, 0.25) is 0 Å². The third-order valence-electron chi connectivity index (χ3n) is 4.35. The number of thioether (sulfide) groups is 2. The Morgan fingerprint density at radius 3 is 2.54 bits per heavy atom. The number of hydrogen-bond acceptors (Lipinski definition) is 7. The fourth-order valence-corrected chi connectivity index (χ4v) is 6.92. The van der Waals surface area contributed by atoms with E-state index in [1.165, 1.54) is 6.92 Å². The molecule has 1 saturated carbocycles. The second kappa shape index (κ2) is 8.24. The minimum absolute atomic E-state index is 0.346. The van der Waals surface area contributed by atoms with Crippen LogP contribution in [0.1, 0.15) is 30.1 Å². The Kier molecular flexibility index (Phi) is 6.01. The van der Waals surface area contributed by atoms with E-state index >= 15 is 0 Å². The van der Waals surface area contributed by atoms with Gasteiger partial charge in [0.05, 0.1) is 11.6 Å². The van der Waals surface area contributed by atoms with Gasteiger partial charge in [0.1, 0.15) is 16.3 Å². The first-order valence-corrected chi connectivity index (χ1v) is 10.3. The van der Waals surface area contributed by atoms with Crippen LogP contribution < -0.4 is 0 Å². The van der Waals surface area contributed by atoms with Crippen LogP contribution in [0, 0.1) is 0 Å². The van der Waals surface area contributed by atoms with Crippen LogP contribution in [0.25, 0.3) is 10.4 Å². The fourth-order valence-electron chi connectivity index (χ4n) is 3.38. The number of carbonyl (C=O) groups excluding carboxylic acids is 2. The first-order valence-electron chi connectivity index (χ1n) is 8.29. The van der Waals surface area contributed by atoms with E-state index in [2.05, 4.69) is 10.0 Å². The van der Waals surface area contributed by atoms with E-state index in [4.69, 9.17) is 15.0 Å². The summed E-state index contributed by atoms with van der Waals surface area (Å²) in [6, 6.07) is 8.17. The van der Waals surface area contributed by atoms with Crippen LogP contribution in [-0.2, 0) is 14.3 Å². The summed E-state index contributed by atoms with van der Waals surface area (Å²) in [5.74, 6) is 1.00. The maximum atomic E-state index is 12.6. The first kappa shape index (κ1) is 18.9. The summed E-state index contributed by atoms with van der Waals surface area (Å²) < 4.78 is 10.8. The van der Waals surface area contributed by atoms with E-state index < -0.39 is 22.2 Å². The van der Waals surface area contributed by atoms with Crippen molar-refractivity contribution in [2.24, 2.45) is 5.11 Å². The highest BCUT2D eigenvalue weighted by Crippen LogP contribution is 2.55. The molecule has 1 aliphatic heterocycles. The zero-order valence-electron chi connectivity index (χ0n) is 14.2. The second-order valence-electron chi connectivity index (χ2n) is 6.14.